The molecule has 1 aromatic rings. The Hall–Kier alpha value is -2.04. The molecule has 1 amide bonds. The van der Waals surface area contributed by atoms with Crippen LogP contribution in [0.2, 0.25) is 0 Å². The summed E-state index contributed by atoms with van der Waals surface area (Å²) >= 11 is 0. The molecule has 0 spiro atoms. The van der Waals surface area contributed by atoms with E-state index in [1.54, 1.807) is 24.3 Å². The standard InChI is InChI=1S/C12H15NO4/c1-3-13-11(14)8-17-10-6-4-9(5-7-10)12(15)16-2/h4-7H,3,8H2,1-2H3,(H,13,14). The number of rotatable bonds is 5. The van der Waals surface area contributed by atoms with Gasteiger partial charge < -0.3 is 14.8 Å². The Kier molecular flexibility index (Phi) is 5.00. The quantitative estimate of drug-likeness (QED) is 0.775. The second kappa shape index (κ2) is 6.52. The van der Waals surface area contributed by atoms with Crippen LogP contribution in [0, 0.1) is 0 Å². The first-order valence-electron chi connectivity index (χ1n) is 5.25. The Morgan fingerprint density at radius 2 is 1.88 bits per heavy atom. The summed E-state index contributed by atoms with van der Waals surface area (Å²) in [6, 6.07) is 6.40. The molecule has 0 saturated carbocycles. The number of carbonyl (C=O) groups excluding carboxylic acids is 2. The first kappa shape index (κ1) is 13.0. The number of hydrogen-bond acceptors (Lipinski definition) is 4. The van der Waals surface area contributed by atoms with Crippen LogP contribution in [0.15, 0.2) is 24.3 Å². The fourth-order valence-electron chi connectivity index (χ4n) is 1.20. The first-order chi connectivity index (χ1) is 8.17. The SMILES string of the molecule is CCNC(=O)COc1ccc(C(=O)OC)cc1. The van der Waals surface area contributed by atoms with Gasteiger partial charge in [-0.15, -0.1) is 0 Å². The van der Waals surface area contributed by atoms with Crippen molar-refractivity contribution in [3.8, 4) is 5.75 Å². The minimum atomic E-state index is -0.403. The minimum absolute atomic E-state index is 0.0363. The fourth-order valence-corrected chi connectivity index (χ4v) is 1.20. The molecule has 0 saturated heterocycles. The van der Waals surface area contributed by atoms with E-state index in [4.69, 9.17) is 4.74 Å². The lowest BCUT2D eigenvalue weighted by Crippen LogP contribution is -2.28. The van der Waals surface area contributed by atoms with Gasteiger partial charge in [-0.2, -0.15) is 0 Å². The Morgan fingerprint density at radius 3 is 2.41 bits per heavy atom. The van der Waals surface area contributed by atoms with Crippen LogP contribution < -0.4 is 10.1 Å². The molecule has 92 valence electrons. The molecule has 1 aromatic carbocycles. The fraction of sp³-hybridized carbons (Fsp3) is 0.333. The summed E-state index contributed by atoms with van der Waals surface area (Å²) in [5, 5.41) is 2.62. The highest BCUT2D eigenvalue weighted by Crippen LogP contribution is 2.12. The summed E-state index contributed by atoms with van der Waals surface area (Å²) in [6.07, 6.45) is 0. The molecular weight excluding hydrogens is 222 g/mol. The normalized spacial score (nSPS) is 9.53. The van der Waals surface area contributed by atoms with Crippen LogP contribution in [0.4, 0.5) is 0 Å². The van der Waals surface area contributed by atoms with E-state index in [1.807, 2.05) is 6.92 Å². The van der Waals surface area contributed by atoms with Gasteiger partial charge >= 0.3 is 5.97 Å². The summed E-state index contributed by atoms with van der Waals surface area (Å²) in [5.74, 6) is -0.0475. The van der Waals surface area contributed by atoms with E-state index in [0.29, 0.717) is 17.9 Å². The van der Waals surface area contributed by atoms with Gasteiger partial charge in [0.15, 0.2) is 6.61 Å². The summed E-state index contributed by atoms with van der Waals surface area (Å²) in [6.45, 7) is 2.37. The minimum Gasteiger partial charge on any atom is -0.484 e. The highest BCUT2D eigenvalue weighted by molar-refractivity contribution is 5.89. The number of likely N-dealkylation sites (N-methyl/N-ethyl adjacent to an activating group) is 1. The molecule has 1 rings (SSSR count). The lowest BCUT2D eigenvalue weighted by molar-refractivity contribution is -0.122. The summed E-state index contributed by atoms with van der Waals surface area (Å²) < 4.78 is 9.79. The van der Waals surface area contributed by atoms with E-state index in [2.05, 4.69) is 10.1 Å². The molecule has 0 radical (unpaired) electrons. The van der Waals surface area contributed by atoms with Gasteiger partial charge in [-0.3, -0.25) is 4.79 Å². The molecule has 0 aliphatic heterocycles. The van der Waals surface area contributed by atoms with Gasteiger partial charge in [0, 0.05) is 6.54 Å². The number of carbonyl (C=O) groups is 2. The molecule has 17 heavy (non-hydrogen) atoms. The summed E-state index contributed by atoms with van der Waals surface area (Å²) in [5.41, 5.74) is 0.442. The number of esters is 1. The van der Waals surface area contributed by atoms with Crippen molar-refractivity contribution in [2.45, 2.75) is 6.92 Å². The van der Waals surface area contributed by atoms with Crippen LogP contribution in [0.1, 0.15) is 17.3 Å². The third kappa shape index (κ3) is 4.14. The van der Waals surface area contributed by atoms with Crippen LogP contribution in [0.3, 0.4) is 0 Å². The van der Waals surface area contributed by atoms with Crippen molar-refractivity contribution in [1.82, 2.24) is 5.32 Å². The molecular formula is C12H15NO4. The summed E-state index contributed by atoms with van der Waals surface area (Å²) in [4.78, 5) is 22.3. The van der Waals surface area contributed by atoms with Crippen molar-refractivity contribution >= 4 is 11.9 Å². The monoisotopic (exact) mass is 237 g/mol. The van der Waals surface area contributed by atoms with Crippen molar-refractivity contribution in [3.63, 3.8) is 0 Å². The van der Waals surface area contributed by atoms with Crippen molar-refractivity contribution < 1.29 is 19.1 Å². The number of methoxy groups -OCH3 is 1. The van der Waals surface area contributed by atoms with Gasteiger partial charge in [-0.25, -0.2) is 4.79 Å². The van der Waals surface area contributed by atoms with E-state index in [0.717, 1.165) is 0 Å². The zero-order valence-electron chi connectivity index (χ0n) is 9.86. The molecule has 5 heteroatoms. The summed E-state index contributed by atoms with van der Waals surface area (Å²) in [7, 11) is 1.32. The van der Waals surface area contributed by atoms with Crippen LogP contribution in [0.25, 0.3) is 0 Å². The van der Waals surface area contributed by atoms with Crippen molar-refractivity contribution in [3.05, 3.63) is 29.8 Å². The number of hydrogen-bond donors (Lipinski definition) is 1. The van der Waals surface area contributed by atoms with Crippen molar-refractivity contribution in [1.29, 1.82) is 0 Å². The van der Waals surface area contributed by atoms with Gasteiger partial charge in [0.25, 0.3) is 5.91 Å². The average Bonchev–Trinajstić information content (AvgIpc) is 2.36. The molecule has 0 aliphatic rings. The van der Waals surface area contributed by atoms with E-state index < -0.39 is 5.97 Å². The largest absolute Gasteiger partial charge is 0.484 e. The zero-order chi connectivity index (χ0) is 12.7. The molecule has 0 bridgehead atoms. The van der Waals surface area contributed by atoms with Crippen LogP contribution >= 0.6 is 0 Å². The molecule has 0 fully saturated rings. The maximum Gasteiger partial charge on any atom is 0.337 e. The zero-order valence-corrected chi connectivity index (χ0v) is 9.86. The van der Waals surface area contributed by atoms with Gasteiger partial charge in [-0.05, 0) is 31.2 Å². The lowest BCUT2D eigenvalue weighted by Gasteiger charge is -2.06. The average molecular weight is 237 g/mol. The number of nitrogens with one attached hydrogen (secondary N) is 1. The van der Waals surface area contributed by atoms with E-state index in [-0.39, 0.29) is 12.5 Å². The molecule has 0 aliphatic carbocycles. The Bertz CT molecular complexity index is 386. The third-order valence-electron chi connectivity index (χ3n) is 2.02. The maximum atomic E-state index is 11.1. The Balaban J connectivity index is 2.51. The van der Waals surface area contributed by atoms with Gasteiger partial charge in [-0.1, -0.05) is 0 Å². The second-order valence-electron chi connectivity index (χ2n) is 3.26. The molecule has 0 heterocycles. The number of ether oxygens (including phenoxy) is 2. The van der Waals surface area contributed by atoms with E-state index >= 15 is 0 Å². The third-order valence-corrected chi connectivity index (χ3v) is 2.02. The lowest BCUT2D eigenvalue weighted by atomic mass is 10.2. The number of benzene rings is 1. The first-order valence-corrected chi connectivity index (χ1v) is 5.25. The van der Waals surface area contributed by atoms with Crippen molar-refractivity contribution in [2.75, 3.05) is 20.3 Å². The highest BCUT2D eigenvalue weighted by atomic mass is 16.5. The van der Waals surface area contributed by atoms with Gasteiger partial charge in [0.05, 0.1) is 12.7 Å². The molecule has 5 nitrogen and oxygen atoms in total. The van der Waals surface area contributed by atoms with Gasteiger partial charge in [0.1, 0.15) is 5.75 Å². The molecule has 1 N–H and O–H groups in total. The van der Waals surface area contributed by atoms with Crippen molar-refractivity contribution in [2.24, 2.45) is 0 Å². The van der Waals surface area contributed by atoms with Crippen LogP contribution in [-0.2, 0) is 9.53 Å². The predicted molar refractivity (Wildman–Crippen MR) is 62.0 cm³/mol. The predicted octanol–water partition coefficient (Wildman–Crippen LogP) is 0.988. The Morgan fingerprint density at radius 1 is 1.24 bits per heavy atom. The highest BCUT2D eigenvalue weighted by Gasteiger charge is 2.05. The molecule has 0 aromatic heterocycles. The topological polar surface area (TPSA) is 64.6 Å². The second-order valence-corrected chi connectivity index (χ2v) is 3.26. The molecule has 0 atom stereocenters. The maximum absolute atomic E-state index is 11.1. The van der Waals surface area contributed by atoms with E-state index in [9.17, 15) is 9.59 Å². The van der Waals surface area contributed by atoms with Crippen LogP contribution in [-0.4, -0.2) is 32.1 Å². The molecule has 0 unspecified atom stereocenters. The van der Waals surface area contributed by atoms with Crippen LogP contribution in [0.5, 0.6) is 5.75 Å². The van der Waals surface area contributed by atoms with Gasteiger partial charge in [0.2, 0.25) is 0 Å². The smallest absolute Gasteiger partial charge is 0.337 e. The Labute approximate surface area is 99.7 Å². The van der Waals surface area contributed by atoms with E-state index in [1.165, 1.54) is 7.11 Å². The number of amides is 1.